The molecule has 29 heavy (non-hydrogen) atoms. The van der Waals surface area contributed by atoms with E-state index in [0.29, 0.717) is 5.39 Å². The Labute approximate surface area is 164 Å². The van der Waals surface area contributed by atoms with Crippen LogP contribution in [0.15, 0.2) is 47.0 Å². The third-order valence-electron chi connectivity index (χ3n) is 3.96. The number of nitrogens with one attached hydrogen (secondary N) is 1. The van der Waals surface area contributed by atoms with E-state index in [4.69, 9.17) is 4.42 Å². The van der Waals surface area contributed by atoms with Crippen LogP contribution < -0.4 is 4.72 Å². The highest BCUT2D eigenvalue weighted by molar-refractivity contribution is 7.92. The van der Waals surface area contributed by atoms with Crippen LogP contribution in [0.5, 0.6) is 5.75 Å². The molecule has 0 unspecified atom stereocenters. The average molecular weight is 415 g/mol. The molecule has 0 fully saturated rings. The number of aromatic nitrogens is 4. The molecule has 3 heterocycles. The second-order valence-electron chi connectivity index (χ2n) is 6.24. The fourth-order valence-electron chi connectivity index (χ4n) is 2.72. The predicted molar refractivity (Wildman–Crippen MR) is 102 cm³/mol. The topological polar surface area (TPSA) is 131 Å². The van der Waals surface area contributed by atoms with Gasteiger partial charge in [-0.05, 0) is 29.8 Å². The van der Waals surface area contributed by atoms with Gasteiger partial charge in [-0.1, -0.05) is 12.1 Å². The summed E-state index contributed by atoms with van der Waals surface area (Å²) in [6.45, 7) is 0. The van der Waals surface area contributed by atoms with Gasteiger partial charge in [0.25, 0.3) is 5.89 Å². The lowest BCUT2D eigenvalue weighted by Crippen LogP contribution is -2.12. The summed E-state index contributed by atoms with van der Waals surface area (Å²) in [6, 6.07) is 8.96. The number of sulfonamides is 1. The first-order valence-corrected chi connectivity index (χ1v) is 10.2. The lowest BCUT2D eigenvalue weighted by atomic mass is 10.1. The lowest BCUT2D eigenvalue weighted by Gasteiger charge is -2.10. The molecular weight excluding hydrogens is 401 g/mol. The molecular formula is C18H14FN5O4S. The van der Waals surface area contributed by atoms with Crippen LogP contribution in [0.4, 0.5) is 10.2 Å². The SMILES string of the molecule is CS(=O)(=O)Nc1nc(-c2nnc(Cc3ccc(F)cc3)o2)c(O)c2ncccc12. The van der Waals surface area contributed by atoms with E-state index in [1.807, 2.05) is 0 Å². The molecule has 0 saturated heterocycles. The van der Waals surface area contributed by atoms with Crippen LogP contribution in [0.1, 0.15) is 11.5 Å². The van der Waals surface area contributed by atoms with Crippen LogP contribution in [0.3, 0.4) is 0 Å². The van der Waals surface area contributed by atoms with Gasteiger partial charge in [-0.15, -0.1) is 10.2 Å². The Balaban J connectivity index is 1.77. The average Bonchev–Trinajstić information content (AvgIpc) is 3.13. The zero-order valence-corrected chi connectivity index (χ0v) is 15.8. The molecule has 148 valence electrons. The smallest absolute Gasteiger partial charge is 0.270 e. The quantitative estimate of drug-likeness (QED) is 0.508. The minimum atomic E-state index is -3.64. The summed E-state index contributed by atoms with van der Waals surface area (Å²) in [4.78, 5) is 8.25. The van der Waals surface area contributed by atoms with Crippen molar-refractivity contribution >= 4 is 26.7 Å². The number of hydrogen-bond acceptors (Lipinski definition) is 8. The number of pyridine rings is 2. The molecule has 11 heteroatoms. The Morgan fingerprint density at radius 1 is 1.17 bits per heavy atom. The number of hydrogen-bond donors (Lipinski definition) is 2. The van der Waals surface area contributed by atoms with Crippen molar-refractivity contribution in [2.75, 3.05) is 11.0 Å². The second kappa shape index (κ2) is 7.09. The number of halogens is 1. The number of rotatable bonds is 5. The monoisotopic (exact) mass is 415 g/mol. The Kier molecular flexibility index (Phi) is 4.59. The van der Waals surface area contributed by atoms with E-state index in [9.17, 15) is 17.9 Å². The maximum Gasteiger partial charge on any atom is 0.270 e. The summed E-state index contributed by atoms with van der Waals surface area (Å²) in [5, 5.41) is 18.7. The maximum absolute atomic E-state index is 13.0. The number of benzene rings is 1. The van der Waals surface area contributed by atoms with E-state index in [2.05, 4.69) is 24.9 Å². The van der Waals surface area contributed by atoms with Gasteiger partial charge in [0.2, 0.25) is 15.9 Å². The van der Waals surface area contributed by atoms with Gasteiger partial charge >= 0.3 is 0 Å². The number of anilines is 1. The van der Waals surface area contributed by atoms with Crippen molar-refractivity contribution in [3.63, 3.8) is 0 Å². The zero-order chi connectivity index (χ0) is 20.6. The summed E-state index contributed by atoms with van der Waals surface area (Å²) in [5.41, 5.74) is 0.764. The molecule has 0 amide bonds. The standard InChI is InChI=1S/C18H14FN5O4S/c1-29(26,27)24-17-12-3-2-8-20-14(12)16(25)15(21-17)18-23-22-13(28-18)9-10-4-6-11(19)7-5-10/h2-8,25H,9H2,1H3,(H,21,24). The second-order valence-corrected chi connectivity index (χ2v) is 7.98. The first-order valence-electron chi connectivity index (χ1n) is 8.33. The fraction of sp³-hybridized carbons (Fsp3) is 0.111. The molecule has 9 nitrogen and oxygen atoms in total. The third-order valence-corrected chi connectivity index (χ3v) is 4.52. The Hall–Kier alpha value is -3.60. The first-order chi connectivity index (χ1) is 13.8. The Bertz CT molecular complexity index is 1310. The largest absolute Gasteiger partial charge is 0.504 e. The third kappa shape index (κ3) is 3.99. The maximum atomic E-state index is 13.0. The van der Waals surface area contributed by atoms with Gasteiger partial charge < -0.3 is 9.52 Å². The molecule has 2 N–H and O–H groups in total. The number of nitrogens with zero attached hydrogens (tertiary/aromatic N) is 4. The van der Waals surface area contributed by atoms with Crippen molar-refractivity contribution in [1.82, 2.24) is 20.2 Å². The van der Waals surface area contributed by atoms with Crippen molar-refractivity contribution in [2.24, 2.45) is 0 Å². The van der Waals surface area contributed by atoms with Crippen molar-refractivity contribution in [1.29, 1.82) is 0 Å². The highest BCUT2D eigenvalue weighted by Crippen LogP contribution is 2.36. The highest BCUT2D eigenvalue weighted by atomic mass is 32.2. The molecule has 0 aliphatic carbocycles. The predicted octanol–water partition coefficient (Wildman–Crippen LogP) is 2.49. The molecule has 0 aliphatic heterocycles. The molecule has 0 atom stereocenters. The minimum Gasteiger partial charge on any atom is -0.504 e. The van der Waals surface area contributed by atoms with Gasteiger partial charge in [0.15, 0.2) is 11.4 Å². The van der Waals surface area contributed by atoms with E-state index < -0.39 is 10.0 Å². The molecule has 4 rings (SSSR count). The summed E-state index contributed by atoms with van der Waals surface area (Å²) in [5.74, 6) is -0.600. The molecule has 0 radical (unpaired) electrons. The highest BCUT2D eigenvalue weighted by Gasteiger charge is 2.21. The summed E-state index contributed by atoms with van der Waals surface area (Å²) in [6.07, 6.45) is 2.68. The molecule has 3 aromatic heterocycles. The number of fused-ring (bicyclic) bond motifs is 1. The van der Waals surface area contributed by atoms with Gasteiger partial charge in [0, 0.05) is 11.6 Å². The fourth-order valence-corrected chi connectivity index (χ4v) is 3.23. The van der Waals surface area contributed by atoms with Gasteiger partial charge in [0.05, 0.1) is 12.7 Å². The molecule has 0 saturated carbocycles. The molecule has 1 aromatic carbocycles. The van der Waals surface area contributed by atoms with Crippen LogP contribution >= 0.6 is 0 Å². The minimum absolute atomic E-state index is 0.0262. The van der Waals surface area contributed by atoms with Crippen molar-refractivity contribution < 1.29 is 22.3 Å². The summed E-state index contributed by atoms with van der Waals surface area (Å²) >= 11 is 0. The van der Waals surface area contributed by atoms with Crippen LogP contribution in [0.2, 0.25) is 0 Å². The van der Waals surface area contributed by atoms with E-state index in [-0.39, 0.29) is 46.8 Å². The van der Waals surface area contributed by atoms with E-state index in [1.165, 1.54) is 18.3 Å². The van der Waals surface area contributed by atoms with Crippen LogP contribution in [-0.4, -0.2) is 39.9 Å². The van der Waals surface area contributed by atoms with Gasteiger partial charge in [0.1, 0.15) is 17.2 Å². The Morgan fingerprint density at radius 2 is 1.93 bits per heavy atom. The lowest BCUT2D eigenvalue weighted by molar-refractivity contribution is 0.471. The van der Waals surface area contributed by atoms with Crippen molar-refractivity contribution in [2.45, 2.75) is 6.42 Å². The summed E-state index contributed by atoms with van der Waals surface area (Å²) < 4.78 is 44.3. The summed E-state index contributed by atoms with van der Waals surface area (Å²) in [7, 11) is -3.64. The molecule has 0 spiro atoms. The van der Waals surface area contributed by atoms with Gasteiger partial charge in [-0.2, -0.15) is 0 Å². The Morgan fingerprint density at radius 3 is 2.66 bits per heavy atom. The van der Waals surface area contributed by atoms with E-state index in [1.54, 1.807) is 24.3 Å². The van der Waals surface area contributed by atoms with Crippen LogP contribution in [-0.2, 0) is 16.4 Å². The molecule has 0 aliphatic rings. The molecule has 0 bridgehead atoms. The van der Waals surface area contributed by atoms with E-state index in [0.717, 1.165) is 11.8 Å². The van der Waals surface area contributed by atoms with Crippen molar-refractivity contribution in [3.8, 4) is 17.3 Å². The number of aromatic hydroxyl groups is 1. The molecule has 4 aromatic rings. The first kappa shape index (κ1) is 18.7. The zero-order valence-electron chi connectivity index (χ0n) is 15.0. The normalized spacial score (nSPS) is 11.7. The van der Waals surface area contributed by atoms with E-state index >= 15 is 0 Å². The van der Waals surface area contributed by atoms with Gasteiger partial charge in [-0.25, -0.2) is 17.8 Å². The van der Waals surface area contributed by atoms with Crippen LogP contribution in [0, 0.1) is 5.82 Å². The van der Waals surface area contributed by atoms with Gasteiger partial charge in [-0.3, -0.25) is 9.71 Å². The van der Waals surface area contributed by atoms with Crippen molar-refractivity contribution in [3.05, 3.63) is 59.9 Å². The van der Waals surface area contributed by atoms with Crippen LogP contribution in [0.25, 0.3) is 22.5 Å².